The predicted molar refractivity (Wildman–Crippen MR) is 46.1 cm³/mol. The van der Waals surface area contributed by atoms with Gasteiger partial charge in [-0.15, -0.1) is 0 Å². The van der Waals surface area contributed by atoms with E-state index in [1.54, 1.807) is 13.8 Å². The minimum Gasteiger partial charge on any atom is -1.00 e. The molecule has 0 aliphatic carbocycles. The summed E-state index contributed by atoms with van der Waals surface area (Å²) in [5.41, 5.74) is 0. The van der Waals surface area contributed by atoms with Crippen LogP contribution in [0.25, 0.3) is 0 Å². The summed E-state index contributed by atoms with van der Waals surface area (Å²) in [5.74, 6) is 0. The van der Waals surface area contributed by atoms with Crippen molar-refractivity contribution in [3.8, 4) is 0 Å². The second-order valence-corrected chi connectivity index (χ2v) is 3.37. The fourth-order valence-electron chi connectivity index (χ4n) is 0.674. The van der Waals surface area contributed by atoms with Crippen LogP contribution in [0.5, 0.6) is 0 Å². The Morgan fingerprint density at radius 3 is 2.00 bits per heavy atom. The molecule has 0 aromatic heterocycles. The summed E-state index contributed by atoms with van der Waals surface area (Å²) < 4.78 is 24.5. The molecule has 0 spiro atoms. The zero-order chi connectivity index (χ0) is 10.3. The van der Waals surface area contributed by atoms with Gasteiger partial charge in [0.2, 0.25) is 0 Å². The standard InChI is InChI=1S/C6H15O6P.Li.H/c1-3-10-6(11-4-2)5-12-13(7,8)9;;/h6H,3-5H2,1-2H3,(H2,7,8,9);;/q;+1;-1. The first-order chi connectivity index (χ1) is 5.99. The van der Waals surface area contributed by atoms with E-state index in [0.717, 1.165) is 0 Å². The Labute approximate surface area is 96.8 Å². The minimum absolute atomic E-state index is 0. The average molecular weight is 222 g/mol. The molecular weight excluding hydrogens is 206 g/mol. The molecule has 0 atom stereocenters. The van der Waals surface area contributed by atoms with Crippen LogP contribution in [0, 0.1) is 0 Å². The van der Waals surface area contributed by atoms with Gasteiger partial charge in [0.15, 0.2) is 6.29 Å². The van der Waals surface area contributed by atoms with E-state index < -0.39 is 14.1 Å². The SMILES string of the molecule is CCOC(COP(=O)(O)O)OCC.[H-].[Li+]. The van der Waals surface area contributed by atoms with Crippen molar-refractivity contribution in [1.29, 1.82) is 0 Å². The normalized spacial score (nSPS) is 11.5. The van der Waals surface area contributed by atoms with Crippen molar-refractivity contribution in [2.45, 2.75) is 20.1 Å². The summed E-state index contributed by atoms with van der Waals surface area (Å²) in [6.07, 6.45) is -0.720. The predicted octanol–water partition coefficient (Wildman–Crippen LogP) is -2.39. The number of rotatable bonds is 7. The zero-order valence-electron chi connectivity index (χ0n) is 9.67. The number of hydrogen-bond acceptors (Lipinski definition) is 4. The van der Waals surface area contributed by atoms with E-state index in [2.05, 4.69) is 4.52 Å². The minimum atomic E-state index is -4.43. The summed E-state index contributed by atoms with van der Waals surface area (Å²) in [7, 11) is -4.43. The topological polar surface area (TPSA) is 85.2 Å². The van der Waals surface area contributed by atoms with Gasteiger partial charge in [-0.2, -0.15) is 0 Å². The Bertz CT molecular complexity index is 171. The Morgan fingerprint density at radius 2 is 1.71 bits per heavy atom. The molecule has 0 bridgehead atoms. The second-order valence-electron chi connectivity index (χ2n) is 2.13. The van der Waals surface area contributed by atoms with Gasteiger partial charge in [-0.1, -0.05) is 0 Å². The molecule has 0 aromatic rings. The second kappa shape index (κ2) is 8.90. The summed E-state index contributed by atoms with van der Waals surface area (Å²) in [6.45, 7) is 4.03. The largest absolute Gasteiger partial charge is 1.00 e. The zero-order valence-corrected chi connectivity index (χ0v) is 9.57. The fraction of sp³-hybridized carbons (Fsp3) is 1.00. The van der Waals surface area contributed by atoms with Gasteiger partial charge < -0.3 is 20.7 Å². The third-order valence-electron chi connectivity index (χ3n) is 1.08. The maximum absolute atomic E-state index is 10.3. The maximum atomic E-state index is 10.3. The van der Waals surface area contributed by atoms with Gasteiger partial charge in [0, 0.05) is 13.2 Å². The van der Waals surface area contributed by atoms with Crippen LogP contribution in [0.1, 0.15) is 15.3 Å². The van der Waals surface area contributed by atoms with Crippen molar-refractivity contribution in [3.63, 3.8) is 0 Å². The van der Waals surface area contributed by atoms with E-state index in [9.17, 15) is 4.57 Å². The molecule has 0 radical (unpaired) electrons. The molecule has 8 heteroatoms. The van der Waals surface area contributed by atoms with E-state index in [-0.39, 0.29) is 26.9 Å². The number of ether oxygens (including phenoxy) is 2. The molecular formula is C6H16LiO6P. The average Bonchev–Trinajstić information content (AvgIpc) is 2.00. The van der Waals surface area contributed by atoms with Crippen LogP contribution in [-0.2, 0) is 18.6 Å². The quantitative estimate of drug-likeness (QED) is 0.284. The smallest absolute Gasteiger partial charge is 1.00 e. The summed E-state index contributed by atoms with van der Waals surface area (Å²) in [5, 5.41) is 0. The van der Waals surface area contributed by atoms with Gasteiger partial charge in [-0.25, -0.2) is 4.57 Å². The number of hydrogen-bond donors (Lipinski definition) is 2. The molecule has 6 nitrogen and oxygen atoms in total. The Hall–Kier alpha value is 0.627. The molecule has 0 unspecified atom stereocenters. The van der Waals surface area contributed by atoms with Crippen LogP contribution in [-0.4, -0.2) is 35.9 Å². The van der Waals surface area contributed by atoms with E-state index in [4.69, 9.17) is 19.3 Å². The van der Waals surface area contributed by atoms with E-state index in [1.807, 2.05) is 0 Å². The fourth-order valence-corrected chi connectivity index (χ4v) is 0.990. The van der Waals surface area contributed by atoms with Crippen molar-refractivity contribution in [2.75, 3.05) is 19.8 Å². The van der Waals surface area contributed by atoms with Crippen molar-refractivity contribution in [1.82, 2.24) is 0 Å². The molecule has 0 amide bonds. The molecule has 0 aliphatic rings. The first kappa shape index (κ1) is 17.0. The molecule has 0 saturated carbocycles. The van der Waals surface area contributed by atoms with Gasteiger partial charge >= 0.3 is 26.7 Å². The van der Waals surface area contributed by atoms with Gasteiger partial charge in [-0.3, -0.25) is 4.52 Å². The molecule has 0 heterocycles. The third-order valence-corrected chi connectivity index (χ3v) is 1.57. The summed E-state index contributed by atoms with van der Waals surface area (Å²) in [6, 6.07) is 0. The first-order valence-electron chi connectivity index (χ1n) is 3.93. The van der Waals surface area contributed by atoms with Gasteiger partial charge in [0.25, 0.3) is 0 Å². The number of phosphoric ester groups is 1. The van der Waals surface area contributed by atoms with Crippen molar-refractivity contribution in [3.05, 3.63) is 0 Å². The van der Waals surface area contributed by atoms with Gasteiger partial charge in [-0.05, 0) is 13.8 Å². The Morgan fingerprint density at radius 1 is 1.29 bits per heavy atom. The molecule has 2 N–H and O–H groups in total. The van der Waals surface area contributed by atoms with Crippen LogP contribution in [0.4, 0.5) is 0 Å². The van der Waals surface area contributed by atoms with E-state index >= 15 is 0 Å². The van der Waals surface area contributed by atoms with Crippen LogP contribution in [0.15, 0.2) is 0 Å². The Kier molecular flexibility index (Phi) is 10.8. The molecule has 82 valence electrons. The molecule has 0 aliphatic heterocycles. The van der Waals surface area contributed by atoms with Crippen LogP contribution in [0.3, 0.4) is 0 Å². The van der Waals surface area contributed by atoms with Crippen LogP contribution >= 0.6 is 7.82 Å². The van der Waals surface area contributed by atoms with Gasteiger partial charge in [0.1, 0.15) is 6.61 Å². The van der Waals surface area contributed by atoms with Crippen LogP contribution < -0.4 is 18.9 Å². The molecule has 14 heavy (non-hydrogen) atoms. The molecule has 0 saturated heterocycles. The van der Waals surface area contributed by atoms with E-state index in [0.29, 0.717) is 13.2 Å². The molecule has 0 rings (SSSR count). The van der Waals surface area contributed by atoms with E-state index in [1.165, 1.54) is 0 Å². The Balaban J connectivity index is -0.000000720. The molecule has 0 fully saturated rings. The van der Waals surface area contributed by atoms with Crippen LogP contribution in [0.2, 0.25) is 0 Å². The summed E-state index contributed by atoms with van der Waals surface area (Å²) >= 11 is 0. The molecule has 0 aromatic carbocycles. The first-order valence-corrected chi connectivity index (χ1v) is 5.46. The van der Waals surface area contributed by atoms with Gasteiger partial charge in [0.05, 0.1) is 0 Å². The monoisotopic (exact) mass is 222 g/mol. The maximum Gasteiger partial charge on any atom is 1.00 e. The third kappa shape index (κ3) is 10.7. The van der Waals surface area contributed by atoms with Crippen molar-refractivity contribution in [2.24, 2.45) is 0 Å². The van der Waals surface area contributed by atoms with Crippen molar-refractivity contribution >= 4 is 7.82 Å². The summed E-state index contributed by atoms with van der Waals surface area (Å²) in [4.78, 5) is 16.8. The van der Waals surface area contributed by atoms with Crippen molar-refractivity contribution < 1.29 is 48.6 Å². The number of phosphoric acid groups is 1.